The third-order valence-electron chi connectivity index (χ3n) is 4.13. The molecule has 0 atom stereocenters. The molecule has 0 aliphatic carbocycles. The molecule has 0 saturated carbocycles. The summed E-state index contributed by atoms with van der Waals surface area (Å²) in [5.41, 5.74) is 1.10. The van der Waals surface area contributed by atoms with Crippen LogP contribution < -0.4 is 0 Å². The van der Waals surface area contributed by atoms with E-state index in [2.05, 4.69) is 31.5 Å². The number of hydrogen-bond donors (Lipinski definition) is 0. The van der Waals surface area contributed by atoms with E-state index >= 15 is 0 Å². The molecule has 9 heteroatoms. The second-order valence-electron chi connectivity index (χ2n) is 6.22. The molecule has 0 aliphatic rings. The van der Waals surface area contributed by atoms with Crippen molar-refractivity contribution in [3.63, 3.8) is 0 Å². The van der Waals surface area contributed by atoms with Gasteiger partial charge in [-0.2, -0.15) is 4.68 Å². The molecule has 0 N–H and O–H groups in total. The number of amides is 1. The molecule has 4 aromatic rings. The van der Waals surface area contributed by atoms with Crippen LogP contribution in [0.1, 0.15) is 10.6 Å². The van der Waals surface area contributed by atoms with Gasteiger partial charge in [-0.15, -0.1) is 16.4 Å². The van der Waals surface area contributed by atoms with Gasteiger partial charge in [0.05, 0.1) is 12.8 Å². The highest BCUT2D eigenvalue weighted by Crippen LogP contribution is 2.24. The Labute approximate surface area is 179 Å². The highest BCUT2D eigenvalue weighted by molar-refractivity contribution is 9.10. The zero-order valence-corrected chi connectivity index (χ0v) is 17.8. The summed E-state index contributed by atoms with van der Waals surface area (Å²) < 4.78 is 7.87. The minimum Gasteiger partial charge on any atom is -0.465 e. The summed E-state index contributed by atoms with van der Waals surface area (Å²) in [6.45, 7) is 0.466. The van der Waals surface area contributed by atoms with Crippen LogP contribution in [0.25, 0.3) is 23.2 Å². The van der Waals surface area contributed by atoms with Crippen molar-refractivity contribution >= 4 is 44.9 Å². The van der Waals surface area contributed by atoms with E-state index in [1.165, 1.54) is 4.68 Å². The van der Waals surface area contributed by atoms with Gasteiger partial charge in [-0.1, -0.05) is 30.3 Å². The minimum absolute atomic E-state index is 0.226. The first kappa shape index (κ1) is 19.3. The third-order valence-corrected chi connectivity index (χ3v) is 5.81. The molecule has 0 spiro atoms. The second kappa shape index (κ2) is 8.54. The van der Waals surface area contributed by atoms with Gasteiger partial charge in [0.1, 0.15) is 11.5 Å². The number of tetrazole rings is 1. The summed E-state index contributed by atoms with van der Waals surface area (Å²) in [4.78, 5) is 16.0. The SMILES string of the molecule is CN(Cc1cc(Br)cs1)C(=O)/C(=C\c1ccco1)n1nnnc1-c1ccccc1. The number of furan rings is 1. The van der Waals surface area contributed by atoms with Crippen LogP contribution >= 0.6 is 27.3 Å². The van der Waals surface area contributed by atoms with Crippen molar-refractivity contribution in [2.24, 2.45) is 0 Å². The molecule has 0 saturated heterocycles. The zero-order chi connectivity index (χ0) is 20.2. The summed E-state index contributed by atoms with van der Waals surface area (Å²) >= 11 is 5.03. The van der Waals surface area contributed by atoms with Crippen molar-refractivity contribution in [2.75, 3.05) is 7.05 Å². The number of hydrogen-bond acceptors (Lipinski definition) is 6. The number of halogens is 1. The number of benzene rings is 1. The average molecular weight is 470 g/mol. The Balaban J connectivity index is 1.72. The van der Waals surface area contributed by atoms with Gasteiger partial charge in [0.25, 0.3) is 5.91 Å². The fourth-order valence-corrected chi connectivity index (χ4v) is 4.28. The maximum atomic E-state index is 13.4. The highest BCUT2D eigenvalue weighted by atomic mass is 79.9. The maximum absolute atomic E-state index is 13.4. The molecular weight excluding hydrogens is 454 g/mol. The van der Waals surface area contributed by atoms with Crippen LogP contribution in [0, 0.1) is 0 Å². The van der Waals surface area contributed by atoms with Gasteiger partial charge in [-0.3, -0.25) is 4.79 Å². The van der Waals surface area contributed by atoms with E-state index < -0.39 is 0 Å². The number of aromatic nitrogens is 4. The van der Waals surface area contributed by atoms with Gasteiger partial charge in [0.15, 0.2) is 5.82 Å². The largest absolute Gasteiger partial charge is 0.465 e. The van der Waals surface area contributed by atoms with Gasteiger partial charge in [0, 0.05) is 33.4 Å². The van der Waals surface area contributed by atoms with Crippen molar-refractivity contribution in [3.05, 3.63) is 75.3 Å². The third kappa shape index (κ3) is 4.36. The summed E-state index contributed by atoms with van der Waals surface area (Å²) in [5.74, 6) is 0.787. The molecule has 3 heterocycles. The predicted molar refractivity (Wildman–Crippen MR) is 115 cm³/mol. The first-order valence-corrected chi connectivity index (χ1v) is 10.4. The molecule has 4 rings (SSSR count). The van der Waals surface area contributed by atoms with Gasteiger partial charge >= 0.3 is 0 Å². The topological polar surface area (TPSA) is 77.0 Å². The molecule has 0 fully saturated rings. The van der Waals surface area contributed by atoms with Crippen LogP contribution in [-0.2, 0) is 11.3 Å². The van der Waals surface area contributed by atoms with E-state index in [1.54, 1.807) is 47.8 Å². The van der Waals surface area contributed by atoms with Gasteiger partial charge in [-0.05, 0) is 44.6 Å². The lowest BCUT2D eigenvalue weighted by Gasteiger charge is -2.18. The Kier molecular flexibility index (Phi) is 5.68. The van der Waals surface area contributed by atoms with Crippen LogP contribution in [0.5, 0.6) is 0 Å². The van der Waals surface area contributed by atoms with Crippen molar-refractivity contribution in [1.29, 1.82) is 0 Å². The molecule has 3 aromatic heterocycles. The number of carbonyl (C=O) groups is 1. The summed E-state index contributed by atoms with van der Waals surface area (Å²) in [7, 11) is 1.75. The Morgan fingerprint density at radius 3 is 2.79 bits per heavy atom. The molecule has 7 nitrogen and oxygen atoms in total. The molecular formula is C20H16BrN5O2S. The van der Waals surface area contributed by atoms with E-state index in [0.29, 0.717) is 23.8 Å². The number of carbonyl (C=O) groups excluding carboxylic acids is 1. The average Bonchev–Trinajstić information content (AvgIpc) is 3.48. The number of rotatable bonds is 6. The number of nitrogens with zero attached hydrogens (tertiary/aromatic N) is 5. The molecule has 146 valence electrons. The summed E-state index contributed by atoms with van der Waals surface area (Å²) in [6.07, 6.45) is 3.20. The molecule has 1 aromatic carbocycles. The van der Waals surface area contributed by atoms with Crippen LogP contribution in [0.3, 0.4) is 0 Å². The van der Waals surface area contributed by atoms with Crippen molar-refractivity contribution in [3.8, 4) is 11.4 Å². The smallest absolute Gasteiger partial charge is 0.272 e. The number of thiophene rings is 1. The predicted octanol–water partition coefficient (Wildman–Crippen LogP) is 4.41. The van der Waals surface area contributed by atoms with Crippen molar-refractivity contribution < 1.29 is 9.21 Å². The van der Waals surface area contributed by atoms with Crippen molar-refractivity contribution in [2.45, 2.75) is 6.54 Å². The van der Waals surface area contributed by atoms with Gasteiger partial charge < -0.3 is 9.32 Å². The van der Waals surface area contributed by atoms with E-state index in [9.17, 15) is 4.79 Å². The summed E-state index contributed by atoms with van der Waals surface area (Å²) in [6, 6.07) is 15.0. The Hall–Kier alpha value is -3.04. The van der Waals surface area contributed by atoms with Crippen LogP contribution in [-0.4, -0.2) is 38.1 Å². The lowest BCUT2D eigenvalue weighted by atomic mass is 10.2. The molecule has 0 aliphatic heterocycles. The Morgan fingerprint density at radius 1 is 1.28 bits per heavy atom. The molecule has 1 amide bonds. The lowest BCUT2D eigenvalue weighted by molar-refractivity contribution is -0.124. The fraction of sp³-hybridized carbons (Fsp3) is 0.100. The highest BCUT2D eigenvalue weighted by Gasteiger charge is 2.23. The number of likely N-dealkylation sites (N-methyl/N-ethyl adjacent to an activating group) is 1. The minimum atomic E-state index is -0.226. The zero-order valence-electron chi connectivity index (χ0n) is 15.4. The Morgan fingerprint density at radius 2 is 2.10 bits per heavy atom. The first-order chi connectivity index (χ1) is 14.1. The fourth-order valence-electron chi connectivity index (χ4n) is 2.78. The first-order valence-electron chi connectivity index (χ1n) is 8.69. The monoisotopic (exact) mass is 469 g/mol. The van der Waals surface area contributed by atoms with Crippen LogP contribution in [0.2, 0.25) is 0 Å². The molecule has 0 radical (unpaired) electrons. The normalized spacial score (nSPS) is 11.6. The second-order valence-corrected chi connectivity index (χ2v) is 8.13. The lowest BCUT2D eigenvalue weighted by Crippen LogP contribution is -2.29. The van der Waals surface area contributed by atoms with E-state index in [4.69, 9.17) is 4.42 Å². The Bertz CT molecular complexity index is 1130. The van der Waals surface area contributed by atoms with E-state index in [0.717, 1.165) is 14.9 Å². The van der Waals surface area contributed by atoms with Gasteiger partial charge in [0.2, 0.25) is 0 Å². The van der Waals surface area contributed by atoms with E-state index in [-0.39, 0.29) is 5.91 Å². The van der Waals surface area contributed by atoms with Crippen molar-refractivity contribution in [1.82, 2.24) is 25.1 Å². The summed E-state index contributed by atoms with van der Waals surface area (Å²) in [5, 5.41) is 14.0. The van der Waals surface area contributed by atoms with E-state index in [1.807, 2.05) is 41.8 Å². The van der Waals surface area contributed by atoms with Crippen LogP contribution in [0.15, 0.2) is 69.1 Å². The quantitative estimate of drug-likeness (QED) is 0.390. The van der Waals surface area contributed by atoms with Gasteiger partial charge in [-0.25, -0.2) is 0 Å². The van der Waals surface area contributed by atoms with Crippen LogP contribution in [0.4, 0.5) is 0 Å². The molecule has 0 unspecified atom stereocenters. The standard InChI is InChI=1S/C20H16BrN5O2S/c1-25(12-17-10-15(21)13-29-17)20(27)18(11-16-8-5-9-28-16)26-19(22-23-24-26)14-6-3-2-4-7-14/h2-11,13H,12H2,1H3/b18-11+. The maximum Gasteiger partial charge on any atom is 0.272 e. The molecule has 29 heavy (non-hydrogen) atoms. The molecule has 0 bridgehead atoms.